The Hall–Kier alpha value is -0.690. The average Bonchev–Trinajstić information content (AvgIpc) is 2.85. The molecule has 1 saturated heterocycles. The van der Waals surface area contributed by atoms with Gasteiger partial charge >= 0.3 is 0 Å². The van der Waals surface area contributed by atoms with E-state index in [1.165, 1.54) is 4.88 Å². The second-order valence-corrected chi connectivity index (χ2v) is 6.08. The number of hydrogen-bond acceptors (Lipinski definition) is 6. The molecule has 1 aliphatic rings. The van der Waals surface area contributed by atoms with Gasteiger partial charge in [0, 0.05) is 38.2 Å². The summed E-state index contributed by atoms with van der Waals surface area (Å²) in [5.41, 5.74) is 1.13. The number of morpholine rings is 1. The molecule has 0 spiro atoms. The third-order valence-corrected chi connectivity index (χ3v) is 4.73. The van der Waals surface area contributed by atoms with E-state index in [0.29, 0.717) is 6.10 Å². The standard InChI is InChI=1S/C14H25N3O2S/c1-4-12-10-17(6-8-19-12)14-16-11(2)13(20-14)9-15-5-7-18-3/h12,15H,4-10H2,1-3H3. The molecule has 0 aliphatic carbocycles. The van der Waals surface area contributed by atoms with Crippen LogP contribution >= 0.6 is 11.3 Å². The Bertz CT molecular complexity index is 411. The van der Waals surface area contributed by atoms with Gasteiger partial charge in [0.05, 0.1) is 25.0 Å². The summed E-state index contributed by atoms with van der Waals surface area (Å²) in [6.07, 6.45) is 1.41. The predicted molar refractivity (Wildman–Crippen MR) is 82.7 cm³/mol. The molecule has 20 heavy (non-hydrogen) atoms. The molecular weight excluding hydrogens is 274 g/mol. The van der Waals surface area contributed by atoms with Gasteiger partial charge in [-0.05, 0) is 13.3 Å². The van der Waals surface area contributed by atoms with Crippen molar-refractivity contribution in [3.63, 3.8) is 0 Å². The van der Waals surface area contributed by atoms with Crippen molar-refractivity contribution >= 4 is 16.5 Å². The van der Waals surface area contributed by atoms with E-state index in [0.717, 1.165) is 56.6 Å². The monoisotopic (exact) mass is 299 g/mol. The van der Waals surface area contributed by atoms with Gasteiger partial charge in [0.2, 0.25) is 0 Å². The summed E-state index contributed by atoms with van der Waals surface area (Å²) in [5, 5.41) is 4.51. The minimum absolute atomic E-state index is 0.344. The Morgan fingerprint density at radius 3 is 3.15 bits per heavy atom. The van der Waals surface area contributed by atoms with Gasteiger partial charge in [0.15, 0.2) is 5.13 Å². The number of aryl methyl sites for hydroxylation is 1. The molecule has 1 N–H and O–H groups in total. The lowest BCUT2D eigenvalue weighted by Gasteiger charge is -2.32. The zero-order chi connectivity index (χ0) is 14.4. The number of rotatable bonds is 7. The molecule has 1 fully saturated rings. The highest BCUT2D eigenvalue weighted by Gasteiger charge is 2.22. The Balaban J connectivity index is 1.92. The number of thiazole rings is 1. The summed E-state index contributed by atoms with van der Waals surface area (Å²) in [7, 11) is 1.72. The zero-order valence-electron chi connectivity index (χ0n) is 12.6. The predicted octanol–water partition coefficient (Wildman–Crippen LogP) is 1.80. The Kier molecular flexibility index (Phi) is 6.22. The Labute approximate surface area is 125 Å². The lowest BCUT2D eigenvalue weighted by Crippen LogP contribution is -2.42. The number of methoxy groups -OCH3 is 1. The first kappa shape index (κ1) is 15.7. The van der Waals surface area contributed by atoms with Gasteiger partial charge in [-0.3, -0.25) is 0 Å². The molecule has 1 aliphatic heterocycles. The average molecular weight is 299 g/mol. The van der Waals surface area contributed by atoms with E-state index in [1.807, 2.05) is 0 Å². The highest BCUT2D eigenvalue weighted by Crippen LogP contribution is 2.27. The van der Waals surface area contributed by atoms with Gasteiger partial charge in [-0.1, -0.05) is 6.92 Å². The molecule has 1 aromatic rings. The van der Waals surface area contributed by atoms with Crippen molar-refractivity contribution in [1.29, 1.82) is 0 Å². The zero-order valence-corrected chi connectivity index (χ0v) is 13.5. The van der Waals surface area contributed by atoms with E-state index in [1.54, 1.807) is 18.4 Å². The number of ether oxygens (including phenoxy) is 2. The fraction of sp³-hybridized carbons (Fsp3) is 0.786. The summed E-state index contributed by atoms with van der Waals surface area (Å²) < 4.78 is 10.8. The maximum absolute atomic E-state index is 5.72. The second kappa shape index (κ2) is 7.93. The van der Waals surface area contributed by atoms with Crippen LogP contribution < -0.4 is 10.2 Å². The van der Waals surface area contributed by atoms with Gasteiger partial charge in [0.25, 0.3) is 0 Å². The first-order chi connectivity index (χ1) is 9.74. The van der Waals surface area contributed by atoms with Crippen LogP contribution in [0.3, 0.4) is 0 Å². The van der Waals surface area contributed by atoms with Crippen molar-refractivity contribution in [2.75, 3.05) is 44.9 Å². The lowest BCUT2D eigenvalue weighted by atomic mass is 10.2. The number of anilines is 1. The molecular formula is C14H25N3O2S. The van der Waals surface area contributed by atoms with Crippen LogP contribution in [0.1, 0.15) is 23.9 Å². The van der Waals surface area contributed by atoms with E-state index in [2.05, 4.69) is 24.1 Å². The van der Waals surface area contributed by atoms with Gasteiger partial charge in [-0.2, -0.15) is 0 Å². The molecule has 0 bridgehead atoms. The van der Waals surface area contributed by atoms with Gasteiger partial charge in [0.1, 0.15) is 0 Å². The lowest BCUT2D eigenvalue weighted by molar-refractivity contribution is 0.0384. The molecule has 0 aromatic carbocycles. The maximum Gasteiger partial charge on any atom is 0.185 e. The largest absolute Gasteiger partial charge is 0.383 e. The SMILES string of the molecule is CCC1CN(c2nc(C)c(CNCCOC)s2)CCO1. The molecule has 2 heterocycles. The first-order valence-electron chi connectivity index (χ1n) is 7.27. The molecule has 1 unspecified atom stereocenters. The summed E-state index contributed by atoms with van der Waals surface area (Å²) >= 11 is 1.79. The van der Waals surface area contributed by atoms with Crippen LogP contribution in [0.2, 0.25) is 0 Å². The molecule has 0 radical (unpaired) electrons. The van der Waals surface area contributed by atoms with Crippen molar-refractivity contribution in [1.82, 2.24) is 10.3 Å². The van der Waals surface area contributed by atoms with Crippen molar-refractivity contribution in [3.8, 4) is 0 Å². The van der Waals surface area contributed by atoms with Crippen LogP contribution in [-0.2, 0) is 16.0 Å². The van der Waals surface area contributed by atoms with Crippen molar-refractivity contribution < 1.29 is 9.47 Å². The number of nitrogens with one attached hydrogen (secondary N) is 1. The highest BCUT2D eigenvalue weighted by molar-refractivity contribution is 7.15. The van der Waals surface area contributed by atoms with E-state index in [4.69, 9.17) is 14.5 Å². The van der Waals surface area contributed by atoms with Gasteiger partial charge in [-0.15, -0.1) is 11.3 Å². The Morgan fingerprint density at radius 1 is 1.55 bits per heavy atom. The molecule has 0 saturated carbocycles. The number of aromatic nitrogens is 1. The summed E-state index contributed by atoms with van der Waals surface area (Å²) in [5.74, 6) is 0. The molecule has 1 aromatic heterocycles. The van der Waals surface area contributed by atoms with E-state index in [-0.39, 0.29) is 0 Å². The molecule has 2 rings (SSSR count). The fourth-order valence-electron chi connectivity index (χ4n) is 2.23. The van der Waals surface area contributed by atoms with Crippen LogP contribution in [-0.4, -0.2) is 51.0 Å². The molecule has 5 nitrogen and oxygen atoms in total. The topological polar surface area (TPSA) is 46.6 Å². The third kappa shape index (κ3) is 4.15. The van der Waals surface area contributed by atoms with Crippen LogP contribution in [0, 0.1) is 6.92 Å². The smallest absolute Gasteiger partial charge is 0.185 e. The highest BCUT2D eigenvalue weighted by atomic mass is 32.1. The fourth-order valence-corrected chi connectivity index (χ4v) is 3.29. The number of nitrogens with zero attached hydrogens (tertiary/aromatic N) is 2. The van der Waals surface area contributed by atoms with Gasteiger partial charge in [-0.25, -0.2) is 4.98 Å². The maximum atomic E-state index is 5.72. The van der Waals surface area contributed by atoms with Crippen molar-refractivity contribution in [2.45, 2.75) is 32.9 Å². The third-order valence-electron chi connectivity index (χ3n) is 3.51. The quantitative estimate of drug-likeness (QED) is 0.778. The summed E-state index contributed by atoms with van der Waals surface area (Å²) in [4.78, 5) is 8.39. The molecule has 114 valence electrons. The summed E-state index contributed by atoms with van der Waals surface area (Å²) in [6, 6.07) is 0. The van der Waals surface area contributed by atoms with E-state index in [9.17, 15) is 0 Å². The molecule has 1 atom stereocenters. The van der Waals surface area contributed by atoms with Crippen LogP contribution in [0.5, 0.6) is 0 Å². The van der Waals surface area contributed by atoms with E-state index >= 15 is 0 Å². The van der Waals surface area contributed by atoms with Crippen molar-refractivity contribution in [3.05, 3.63) is 10.6 Å². The Morgan fingerprint density at radius 2 is 2.40 bits per heavy atom. The van der Waals surface area contributed by atoms with Gasteiger partial charge < -0.3 is 19.7 Å². The van der Waals surface area contributed by atoms with Crippen LogP contribution in [0.15, 0.2) is 0 Å². The van der Waals surface area contributed by atoms with Crippen LogP contribution in [0.4, 0.5) is 5.13 Å². The minimum atomic E-state index is 0.344. The minimum Gasteiger partial charge on any atom is -0.383 e. The number of hydrogen-bond donors (Lipinski definition) is 1. The second-order valence-electron chi connectivity index (χ2n) is 5.02. The first-order valence-corrected chi connectivity index (χ1v) is 8.08. The summed E-state index contributed by atoms with van der Waals surface area (Å²) in [6.45, 7) is 9.45. The van der Waals surface area contributed by atoms with Crippen LogP contribution in [0.25, 0.3) is 0 Å². The molecule has 0 amide bonds. The van der Waals surface area contributed by atoms with E-state index < -0.39 is 0 Å². The molecule has 6 heteroatoms. The van der Waals surface area contributed by atoms with Crippen molar-refractivity contribution in [2.24, 2.45) is 0 Å². The normalized spacial score (nSPS) is 19.6.